The summed E-state index contributed by atoms with van der Waals surface area (Å²) in [5, 5.41) is 3.42. The molecule has 0 spiro atoms. The van der Waals surface area contributed by atoms with Gasteiger partial charge in [-0.05, 0) is 37.1 Å². The molecular weight excluding hydrogens is 262 g/mol. The minimum Gasteiger partial charge on any atom is -0.347 e. The highest BCUT2D eigenvalue weighted by Crippen LogP contribution is 2.22. The van der Waals surface area contributed by atoms with Crippen LogP contribution >= 0.6 is 0 Å². The lowest BCUT2D eigenvalue weighted by atomic mass is 10.2. The van der Waals surface area contributed by atoms with Crippen LogP contribution in [-0.2, 0) is 19.6 Å². The van der Waals surface area contributed by atoms with E-state index in [0.29, 0.717) is 0 Å². The Labute approximate surface area is 126 Å². The van der Waals surface area contributed by atoms with Gasteiger partial charge in [-0.15, -0.1) is 0 Å². The first-order valence-corrected chi connectivity index (χ1v) is 7.69. The van der Waals surface area contributed by atoms with Crippen molar-refractivity contribution in [3.63, 3.8) is 0 Å². The van der Waals surface area contributed by atoms with E-state index in [2.05, 4.69) is 50.9 Å². The van der Waals surface area contributed by atoms with Gasteiger partial charge in [0, 0.05) is 38.2 Å². The van der Waals surface area contributed by atoms with Crippen molar-refractivity contribution >= 4 is 5.82 Å². The smallest absolute Gasteiger partial charge is 0.131 e. The van der Waals surface area contributed by atoms with Crippen molar-refractivity contribution in [2.45, 2.75) is 39.9 Å². The summed E-state index contributed by atoms with van der Waals surface area (Å²) in [5.41, 5.74) is 2.49. The molecule has 0 unspecified atom stereocenters. The molecule has 0 saturated carbocycles. The van der Waals surface area contributed by atoms with Crippen molar-refractivity contribution in [2.75, 3.05) is 18.0 Å². The van der Waals surface area contributed by atoms with E-state index < -0.39 is 0 Å². The molecule has 1 aliphatic heterocycles. The number of hydrogen-bond acceptors (Lipinski definition) is 4. The lowest BCUT2D eigenvalue weighted by Crippen LogP contribution is -2.34. The molecule has 112 valence electrons. The van der Waals surface area contributed by atoms with Gasteiger partial charge >= 0.3 is 0 Å². The van der Waals surface area contributed by atoms with Crippen molar-refractivity contribution in [3.05, 3.63) is 41.6 Å². The predicted molar refractivity (Wildman–Crippen MR) is 84.2 cm³/mol. The Balaban J connectivity index is 1.71. The minimum absolute atomic E-state index is 0.842. The normalized spacial score (nSPS) is 14.3. The lowest BCUT2D eigenvalue weighted by molar-refractivity contribution is 0.555. The fourth-order valence-electron chi connectivity index (χ4n) is 2.82. The van der Waals surface area contributed by atoms with E-state index in [0.717, 1.165) is 50.8 Å². The van der Waals surface area contributed by atoms with Gasteiger partial charge in [0.1, 0.15) is 11.6 Å². The maximum Gasteiger partial charge on any atom is 0.131 e. The first-order chi connectivity index (χ1) is 10.3. The standard InChI is InChI=1S/C16H23N5/c1-3-4-17-10-14-9-13(2)16(19-11-14)21-8-7-20-6-5-18-15(20)12-21/h5-6,9,11,17H,3-4,7-8,10,12H2,1-2H3. The highest BCUT2D eigenvalue weighted by molar-refractivity contribution is 5.48. The topological polar surface area (TPSA) is 46.0 Å². The van der Waals surface area contributed by atoms with E-state index in [-0.39, 0.29) is 0 Å². The molecule has 2 aromatic rings. The number of pyridine rings is 1. The average molecular weight is 285 g/mol. The molecule has 5 nitrogen and oxygen atoms in total. The van der Waals surface area contributed by atoms with Gasteiger partial charge in [-0.25, -0.2) is 9.97 Å². The molecule has 5 heteroatoms. The van der Waals surface area contributed by atoms with Gasteiger partial charge < -0.3 is 14.8 Å². The molecule has 21 heavy (non-hydrogen) atoms. The van der Waals surface area contributed by atoms with Gasteiger partial charge in [0.25, 0.3) is 0 Å². The zero-order chi connectivity index (χ0) is 14.7. The van der Waals surface area contributed by atoms with E-state index in [1.807, 2.05) is 12.4 Å². The Kier molecular flexibility index (Phi) is 4.20. The first kappa shape index (κ1) is 14.1. The van der Waals surface area contributed by atoms with Crippen LogP contribution in [0.2, 0.25) is 0 Å². The second-order valence-electron chi connectivity index (χ2n) is 5.62. The van der Waals surface area contributed by atoms with Crippen LogP contribution in [0.1, 0.15) is 30.3 Å². The number of fused-ring (bicyclic) bond motifs is 1. The predicted octanol–water partition coefficient (Wildman–Crippen LogP) is 2.11. The Hall–Kier alpha value is -1.88. The van der Waals surface area contributed by atoms with Crippen LogP contribution in [0.5, 0.6) is 0 Å². The Morgan fingerprint density at radius 2 is 2.19 bits per heavy atom. The van der Waals surface area contributed by atoms with E-state index in [9.17, 15) is 0 Å². The van der Waals surface area contributed by atoms with Gasteiger partial charge in [0.2, 0.25) is 0 Å². The second-order valence-corrected chi connectivity index (χ2v) is 5.62. The molecule has 3 rings (SSSR count). The van der Waals surface area contributed by atoms with E-state index in [4.69, 9.17) is 0 Å². The number of anilines is 1. The van der Waals surface area contributed by atoms with E-state index >= 15 is 0 Å². The molecule has 0 radical (unpaired) electrons. The molecule has 0 amide bonds. The molecule has 0 fully saturated rings. The molecule has 0 aromatic carbocycles. The number of nitrogens with one attached hydrogen (secondary N) is 1. The lowest BCUT2D eigenvalue weighted by Gasteiger charge is -2.29. The SMILES string of the molecule is CCCNCc1cnc(N2CCn3ccnc3C2)c(C)c1. The third-order valence-corrected chi connectivity index (χ3v) is 3.91. The summed E-state index contributed by atoms with van der Waals surface area (Å²) in [6.07, 6.45) is 7.08. The molecule has 1 N–H and O–H groups in total. The zero-order valence-electron chi connectivity index (χ0n) is 12.8. The van der Waals surface area contributed by atoms with Crippen molar-refractivity contribution < 1.29 is 0 Å². The van der Waals surface area contributed by atoms with Crippen molar-refractivity contribution in [3.8, 4) is 0 Å². The highest BCUT2D eigenvalue weighted by Gasteiger charge is 2.19. The minimum atomic E-state index is 0.842. The molecule has 0 saturated heterocycles. The largest absolute Gasteiger partial charge is 0.347 e. The molecular formula is C16H23N5. The van der Waals surface area contributed by atoms with Gasteiger partial charge in [-0.2, -0.15) is 0 Å². The summed E-state index contributed by atoms with van der Waals surface area (Å²) >= 11 is 0. The average Bonchev–Trinajstić information content (AvgIpc) is 2.95. The Morgan fingerprint density at radius 1 is 1.29 bits per heavy atom. The number of rotatable bonds is 5. The van der Waals surface area contributed by atoms with Crippen LogP contribution < -0.4 is 10.2 Å². The summed E-state index contributed by atoms with van der Waals surface area (Å²) < 4.78 is 2.22. The number of aromatic nitrogens is 3. The molecule has 0 bridgehead atoms. The Morgan fingerprint density at radius 3 is 3.00 bits per heavy atom. The fourth-order valence-corrected chi connectivity index (χ4v) is 2.82. The Bertz CT molecular complexity index is 604. The number of nitrogens with zero attached hydrogens (tertiary/aromatic N) is 4. The van der Waals surface area contributed by atoms with Crippen molar-refractivity contribution in [1.82, 2.24) is 19.9 Å². The summed E-state index contributed by atoms with van der Waals surface area (Å²) in [4.78, 5) is 11.4. The summed E-state index contributed by atoms with van der Waals surface area (Å²) in [6, 6.07) is 2.24. The summed E-state index contributed by atoms with van der Waals surface area (Å²) in [5.74, 6) is 2.21. The second kappa shape index (κ2) is 6.26. The summed E-state index contributed by atoms with van der Waals surface area (Å²) in [6.45, 7) is 9.09. The van der Waals surface area contributed by atoms with Gasteiger partial charge in [0.05, 0.1) is 6.54 Å². The van der Waals surface area contributed by atoms with Crippen LogP contribution in [0.15, 0.2) is 24.7 Å². The first-order valence-electron chi connectivity index (χ1n) is 7.69. The van der Waals surface area contributed by atoms with Crippen molar-refractivity contribution in [2.24, 2.45) is 0 Å². The maximum atomic E-state index is 4.69. The third-order valence-electron chi connectivity index (χ3n) is 3.91. The van der Waals surface area contributed by atoms with Gasteiger partial charge in [0.15, 0.2) is 0 Å². The molecule has 1 aliphatic rings. The monoisotopic (exact) mass is 285 g/mol. The van der Waals surface area contributed by atoms with E-state index in [1.165, 1.54) is 11.1 Å². The van der Waals surface area contributed by atoms with Crippen LogP contribution in [0, 0.1) is 6.92 Å². The summed E-state index contributed by atoms with van der Waals surface area (Å²) in [7, 11) is 0. The van der Waals surface area contributed by atoms with Crippen LogP contribution in [0.4, 0.5) is 5.82 Å². The number of imidazole rings is 1. The van der Waals surface area contributed by atoms with Crippen LogP contribution in [0.25, 0.3) is 0 Å². The number of hydrogen-bond donors (Lipinski definition) is 1. The van der Waals surface area contributed by atoms with Gasteiger partial charge in [-0.1, -0.05) is 6.92 Å². The van der Waals surface area contributed by atoms with Crippen LogP contribution in [-0.4, -0.2) is 27.6 Å². The zero-order valence-corrected chi connectivity index (χ0v) is 12.8. The van der Waals surface area contributed by atoms with Crippen molar-refractivity contribution in [1.29, 1.82) is 0 Å². The molecule has 2 aromatic heterocycles. The van der Waals surface area contributed by atoms with Gasteiger partial charge in [-0.3, -0.25) is 0 Å². The highest BCUT2D eigenvalue weighted by atomic mass is 15.3. The fraction of sp³-hybridized carbons (Fsp3) is 0.500. The van der Waals surface area contributed by atoms with E-state index in [1.54, 1.807) is 0 Å². The third kappa shape index (κ3) is 3.08. The maximum absolute atomic E-state index is 4.69. The van der Waals surface area contributed by atoms with Crippen LogP contribution in [0.3, 0.4) is 0 Å². The molecule has 0 aliphatic carbocycles. The molecule has 0 atom stereocenters. The quantitative estimate of drug-likeness (QED) is 0.855. The number of aryl methyl sites for hydroxylation is 1. The molecule has 3 heterocycles.